The summed E-state index contributed by atoms with van der Waals surface area (Å²) >= 11 is 0. The molecule has 1 atom stereocenters. The molecule has 1 aromatic heterocycles. The van der Waals surface area contributed by atoms with Crippen LogP contribution >= 0.6 is 0 Å². The minimum Gasteiger partial charge on any atom is -0.465 e. The van der Waals surface area contributed by atoms with Crippen molar-refractivity contribution in [2.24, 2.45) is 22.2 Å². The molecule has 14 heteroatoms. The molecular formula is C25H32FN7O6. The Morgan fingerprint density at radius 3 is 2.54 bits per heavy atom. The number of amides is 1. The number of rotatable bonds is 10. The SMILES string of the molecule is CC(C)(C)C(=O)OCC(CO)CON=C1CN(c2ncc(-c3cccc(COC(=O)NC(=N)N)c3F)cn2)C1. The Balaban J connectivity index is 1.49. The summed E-state index contributed by atoms with van der Waals surface area (Å²) in [6.07, 6.45) is 2.02. The Kier molecular flexibility index (Phi) is 9.71. The van der Waals surface area contributed by atoms with Gasteiger partial charge in [0.15, 0.2) is 5.96 Å². The Morgan fingerprint density at radius 2 is 1.92 bits per heavy atom. The predicted octanol–water partition coefficient (Wildman–Crippen LogP) is 1.79. The number of halogens is 1. The third kappa shape index (κ3) is 8.33. The number of alkyl carbamates (subject to hydrolysis) is 1. The number of guanidine groups is 1. The molecule has 1 unspecified atom stereocenters. The summed E-state index contributed by atoms with van der Waals surface area (Å²) in [5.41, 5.74) is 5.99. The summed E-state index contributed by atoms with van der Waals surface area (Å²) in [6.45, 7) is 5.70. The standard InChI is InChI=1S/C25H32FN7O6/c1-25(2,3)21(35)37-12-15(11-34)13-39-32-18-9-33(10-18)23-29-7-17(8-30-23)19-6-4-5-16(20(19)26)14-38-24(36)31-22(27)28/h4-8,15,34H,9-14H2,1-3H3,(H4,27,28,31,36). The third-order valence-corrected chi connectivity index (χ3v) is 5.48. The van der Waals surface area contributed by atoms with Gasteiger partial charge in [-0.2, -0.15) is 0 Å². The summed E-state index contributed by atoms with van der Waals surface area (Å²) in [7, 11) is 0. The Bertz CT molecular complexity index is 1210. The summed E-state index contributed by atoms with van der Waals surface area (Å²) in [6, 6.07) is 4.64. The first kappa shape index (κ1) is 29.2. The fraction of sp³-hybridized carbons (Fsp3) is 0.440. The number of oxime groups is 1. The molecule has 0 spiro atoms. The van der Waals surface area contributed by atoms with Gasteiger partial charge in [-0.1, -0.05) is 23.4 Å². The number of aliphatic hydroxyl groups excluding tert-OH is 1. The normalized spacial score (nSPS) is 13.7. The van der Waals surface area contributed by atoms with Gasteiger partial charge in [0.2, 0.25) is 5.95 Å². The maximum Gasteiger partial charge on any atom is 0.414 e. The average molecular weight is 546 g/mol. The number of benzene rings is 1. The van der Waals surface area contributed by atoms with Gasteiger partial charge in [0.25, 0.3) is 0 Å². The molecule has 2 heterocycles. The fourth-order valence-corrected chi connectivity index (χ4v) is 3.22. The highest BCUT2D eigenvalue weighted by atomic mass is 19.1. The van der Waals surface area contributed by atoms with Crippen molar-refractivity contribution >= 4 is 29.7 Å². The van der Waals surface area contributed by atoms with Gasteiger partial charge in [0.05, 0.1) is 43.3 Å². The van der Waals surface area contributed by atoms with E-state index in [2.05, 4.69) is 15.1 Å². The monoisotopic (exact) mass is 545 g/mol. The van der Waals surface area contributed by atoms with Crippen LogP contribution in [0.2, 0.25) is 0 Å². The summed E-state index contributed by atoms with van der Waals surface area (Å²) in [4.78, 5) is 39.1. The molecule has 1 aliphatic rings. The van der Waals surface area contributed by atoms with Gasteiger partial charge in [-0.05, 0) is 20.8 Å². The first-order valence-electron chi connectivity index (χ1n) is 12.1. The van der Waals surface area contributed by atoms with E-state index >= 15 is 0 Å². The summed E-state index contributed by atoms with van der Waals surface area (Å²) < 4.78 is 25.1. The number of carbonyl (C=O) groups excluding carboxylic acids is 2. The molecule has 3 rings (SSSR count). The Hall–Kier alpha value is -4.33. The van der Waals surface area contributed by atoms with E-state index in [1.807, 2.05) is 10.2 Å². The van der Waals surface area contributed by atoms with Gasteiger partial charge < -0.3 is 30.1 Å². The van der Waals surface area contributed by atoms with Crippen molar-refractivity contribution < 1.29 is 33.4 Å². The topological polar surface area (TPSA) is 185 Å². The van der Waals surface area contributed by atoms with E-state index in [0.717, 1.165) is 5.71 Å². The number of aromatic nitrogens is 2. The minimum absolute atomic E-state index is 0.0372. The quantitative estimate of drug-likeness (QED) is 0.148. The number of carbonyl (C=O) groups is 2. The van der Waals surface area contributed by atoms with Crippen LogP contribution in [0.3, 0.4) is 0 Å². The van der Waals surface area contributed by atoms with Gasteiger partial charge in [0, 0.05) is 29.1 Å². The number of esters is 1. The van der Waals surface area contributed by atoms with E-state index in [1.165, 1.54) is 18.5 Å². The van der Waals surface area contributed by atoms with Crippen molar-refractivity contribution in [1.29, 1.82) is 5.41 Å². The lowest BCUT2D eigenvalue weighted by molar-refractivity contribution is -0.155. The van der Waals surface area contributed by atoms with Gasteiger partial charge in [0.1, 0.15) is 19.0 Å². The molecule has 1 amide bonds. The first-order chi connectivity index (χ1) is 18.5. The maximum atomic E-state index is 15.0. The number of anilines is 1. The molecule has 1 aromatic carbocycles. The van der Waals surface area contributed by atoms with Gasteiger partial charge in [-0.3, -0.25) is 15.5 Å². The molecule has 1 aliphatic heterocycles. The van der Waals surface area contributed by atoms with E-state index in [9.17, 15) is 19.1 Å². The molecule has 0 radical (unpaired) electrons. The van der Waals surface area contributed by atoms with Crippen molar-refractivity contribution in [3.8, 4) is 11.1 Å². The average Bonchev–Trinajstić information content (AvgIpc) is 2.85. The van der Waals surface area contributed by atoms with Gasteiger partial charge in [-0.25, -0.2) is 19.2 Å². The predicted molar refractivity (Wildman–Crippen MR) is 139 cm³/mol. The van der Waals surface area contributed by atoms with Crippen LogP contribution in [0, 0.1) is 22.6 Å². The van der Waals surface area contributed by atoms with Crippen LogP contribution in [0.1, 0.15) is 26.3 Å². The Morgan fingerprint density at radius 1 is 1.23 bits per heavy atom. The Labute approximate surface area is 224 Å². The maximum absolute atomic E-state index is 15.0. The molecule has 13 nitrogen and oxygen atoms in total. The first-order valence-corrected chi connectivity index (χ1v) is 12.1. The van der Waals surface area contributed by atoms with Crippen LogP contribution in [0.15, 0.2) is 35.7 Å². The van der Waals surface area contributed by atoms with Crippen LogP contribution in [-0.2, 0) is 25.7 Å². The lowest BCUT2D eigenvalue weighted by Gasteiger charge is -2.32. The molecule has 0 aliphatic carbocycles. The molecule has 1 fully saturated rings. The zero-order valence-corrected chi connectivity index (χ0v) is 21.9. The van der Waals surface area contributed by atoms with Crippen LogP contribution in [0.4, 0.5) is 15.1 Å². The lowest BCUT2D eigenvalue weighted by Crippen LogP contribution is -2.48. The van der Waals surface area contributed by atoms with E-state index in [4.69, 9.17) is 25.5 Å². The molecule has 0 saturated carbocycles. The van der Waals surface area contributed by atoms with E-state index in [1.54, 1.807) is 32.9 Å². The van der Waals surface area contributed by atoms with Crippen molar-refractivity contribution in [1.82, 2.24) is 15.3 Å². The van der Waals surface area contributed by atoms with E-state index in [0.29, 0.717) is 24.6 Å². The van der Waals surface area contributed by atoms with Gasteiger partial charge in [-0.15, -0.1) is 0 Å². The number of aliphatic hydroxyl groups is 1. The second-order valence-corrected chi connectivity index (χ2v) is 9.87. The van der Waals surface area contributed by atoms with Crippen LogP contribution < -0.4 is 16.0 Å². The highest BCUT2D eigenvalue weighted by Crippen LogP contribution is 2.26. The van der Waals surface area contributed by atoms with Crippen LogP contribution in [0.5, 0.6) is 0 Å². The lowest BCUT2D eigenvalue weighted by atomic mass is 9.97. The van der Waals surface area contributed by atoms with Crippen molar-refractivity contribution in [3.63, 3.8) is 0 Å². The molecule has 210 valence electrons. The van der Waals surface area contributed by atoms with Crippen molar-refractivity contribution in [2.75, 3.05) is 37.8 Å². The summed E-state index contributed by atoms with van der Waals surface area (Å²) in [5, 5.41) is 22.5. The molecular weight excluding hydrogens is 513 g/mol. The number of nitrogens with two attached hydrogens (primary N) is 1. The molecule has 2 aromatic rings. The number of nitrogens with one attached hydrogen (secondary N) is 2. The molecule has 5 N–H and O–H groups in total. The summed E-state index contributed by atoms with van der Waals surface area (Å²) in [5.74, 6) is -1.48. The number of hydrogen-bond donors (Lipinski definition) is 4. The van der Waals surface area contributed by atoms with Crippen molar-refractivity contribution in [3.05, 3.63) is 42.0 Å². The highest BCUT2D eigenvalue weighted by Gasteiger charge is 2.26. The smallest absolute Gasteiger partial charge is 0.414 e. The number of ether oxygens (including phenoxy) is 2. The fourth-order valence-electron chi connectivity index (χ4n) is 3.22. The van der Waals surface area contributed by atoms with Crippen molar-refractivity contribution in [2.45, 2.75) is 27.4 Å². The third-order valence-electron chi connectivity index (χ3n) is 5.48. The molecule has 1 saturated heterocycles. The number of hydrogen-bond acceptors (Lipinski definition) is 11. The number of nitrogens with zero attached hydrogens (tertiary/aromatic N) is 4. The zero-order chi connectivity index (χ0) is 28.6. The molecule has 0 bridgehead atoms. The zero-order valence-electron chi connectivity index (χ0n) is 21.9. The second kappa shape index (κ2) is 13.0. The van der Waals surface area contributed by atoms with Crippen LogP contribution in [-0.4, -0.2) is 71.7 Å². The minimum atomic E-state index is -0.960. The van der Waals surface area contributed by atoms with Crippen LogP contribution in [0.25, 0.3) is 11.1 Å². The largest absolute Gasteiger partial charge is 0.465 e. The second-order valence-electron chi connectivity index (χ2n) is 9.87. The van der Waals surface area contributed by atoms with Gasteiger partial charge >= 0.3 is 12.1 Å². The van der Waals surface area contributed by atoms with E-state index < -0.39 is 29.2 Å². The molecule has 39 heavy (non-hydrogen) atoms. The highest BCUT2D eigenvalue weighted by molar-refractivity contribution is 5.98. The van der Waals surface area contributed by atoms with E-state index in [-0.39, 0.29) is 43.5 Å².